The molecule has 0 amide bonds. The molecule has 0 bridgehead atoms. The molecule has 0 aliphatic heterocycles. The summed E-state index contributed by atoms with van der Waals surface area (Å²) in [5, 5.41) is 0. The highest BCUT2D eigenvalue weighted by atomic mass is 14.2. The minimum Gasteiger partial charge on any atom is -0.0613 e. The molecule has 0 aromatic carbocycles. The Morgan fingerprint density at radius 2 is 1.45 bits per heavy atom. The van der Waals surface area contributed by atoms with Gasteiger partial charge in [0.15, 0.2) is 0 Å². The van der Waals surface area contributed by atoms with Gasteiger partial charge in [0.1, 0.15) is 0 Å². The minimum atomic E-state index is 1.15. The van der Waals surface area contributed by atoms with Crippen LogP contribution >= 0.6 is 0 Å². The van der Waals surface area contributed by atoms with E-state index in [1.807, 2.05) is 0 Å². The molecular weight excluding hydrogens is 264 g/mol. The maximum atomic E-state index is 2.30. The predicted octanol–water partition coefficient (Wildman–Crippen LogP) is 6.30. The van der Waals surface area contributed by atoms with E-state index in [1.54, 1.807) is 0 Å². The van der Waals surface area contributed by atoms with Gasteiger partial charge in [0.05, 0.1) is 0 Å². The lowest BCUT2D eigenvalue weighted by Gasteiger charge is -1.98. The maximum Gasteiger partial charge on any atom is -0.0149 e. The van der Waals surface area contributed by atoms with Gasteiger partial charge in [0.2, 0.25) is 0 Å². The quantitative estimate of drug-likeness (QED) is 0.559. The van der Waals surface area contributed by atoms with Crippen molar-refractivity contribution in [3.05, 3.63) is 93.2 Å². The van der Waals surface area contributed by atoms with Crippen molar-refractivity contribution in [2.75, 3.05) is 0 Å². The highest BCUT2D eigenvalue weighted by Crippen LogP contribution is 2.36. The van der Waals surface area contributed by atoms with Crippen LogP contribution in [0.3, 0.4) is 0 Å². The summed E-state index contributed by atoms with van der Waals surface area (Å²) in [7, 11) is 0. The minimum absolute atomic E-state index is 1.15. The normalized spacial score (nSPS) is 20.5. The summed E-state index contributed by atoms with van der Waals surface area (Å²) < 4.78 is 0. The van der Waals surface area contributed by atoms with E-state index in [0.29, 0.717) is 0 Å². The van der Waals surface area contributed by atoms with Gasteiger partial charge in [-0.25, -0.2) is 0 Å². The first-order chi connectivity index (χ1) is 10.7. The van der Waals surface area contributed by atoms with Gasteiger partial charge in [-0.2, -0.15) is 0 Å². The second-order valence-corrected chi connectivity index (χ2v) is 6.10. The molecule has 0 heterocycles. The number of fused-ring (bicyclic) bond motifs is 2. The summed E-state index contributed by atoms with van der Waals surface area (Å²) in [5.74, 6) is 0. The average Bonchev–Trinajstić information content (AvgIpc) is 3.25. The molecule has 4 rings (SSSR count). The second kappa shape index (κ2) is 5.96. The number of hydrogen-bond acceptors (Lipinski definition) is 0. The third-order valence-electron chi connectivity index (χ3n) is 4.80. The van der Waals surface area contributed by atoms with Crippen molar-refractivity contribution >= 4 is 0 Å². The first kappa shape index (κ1) is 14.8. The van der Waals surface area contributed by atoms with Gasteiger partial charge < -0.3 is 0 Å². The first-order valence-electron chi connectivity index (χ1n) is 8.26. The van der Waals surface area contributed by atoms with Crippen LogP contribution in [0.1, 0.15) is 40.5 Å². The molecular formula is C22H24. The van der Waals surface area contributed by atoms with Crippen LogP contribution in [-0.2, 0) is 0 Å². The van der Waals surface area contributed by atoms with Crippen molar-refractivity contribution in [1.82, 2.24) is 0 Å². The van der Waals surface area contributed by atoms with Gasteiger partial charge in [-0.3, -0.25) is 0 Å². The van der Waals surface area contributed by atoms with E-state index in [1.165, 1.54) is 44.6 Å². The molecule has 0 saturated carbocycles. The van der Waals surface area contributed by atoms with E-state index in [9.17, 15) is 0 Å². The van der Waals surface area contributed by atoms with E-state index >= 15 is 0 Å². The summed E-state index contributed by atoms with van der Waals surface area (Å²) >= 11 is 0. The van der Waals surface area contributed by atoms with Crippen molar-refractivity contribution in [3.63, 3.8) is 0 Å². The molecule has 22 heavy (non-hydrogen) atoms. The van der Waals surface area contributed by atoms with Crippen LogP contribution in [0.2, 0.25) is 0 Å². The smallest absolute Gasteiger partial charge is 0.0149 e. The van der Waals surface area contributed by atoms with Gasteiger partial charge in [0, 0.05) is 0 Å². The molecule has 0 N–H and O–H groups in total. The molecule has 0 aromatic rings. The van der Waals surface area contributed by atoms with Gasteiger partial charge in [-0.1, -0.05) is 62.5 Å². The molecule has 0 aromatic heterocycles. The predicted molar refractivity (Wildman–Crippen MR) is 96.6 cm³/mol. The van der Waals surface area contributed by atoms with Crippen molar-refractivity contribution < 1.29 is 0 Å². The molecule has 0 saturated heterocycles. The lowest BCUT2D eigenvalue weighted by molar-refractivity contribution is 1.13. The van der Waals surface area contributed by atoms with Crippen LogP contribution in [-0.4, -0.2) is 0 Å². The van der Waals surface area contributed by atoms with Crippen LogP contribution in [0.25, 0.3) is 0 Å². The Kier molecular flexibility index (Phi) is 4.02. The molecule has 0 unspecified atom stereocenters. The first-order valence-corrected chi connectivity index (χ1v) is 8.26. The Bertz CT molecular complexity index is 748. The molecule has 0 radical (unpaired) electrons. The molecule has 0 spiro atoms. The van der Waals surface area contributed by atoms with Gasteiger partial charge in [-0.15, -0.1) is 0 Å². The fourth-order valence-corrected chi connectivity index (χ4v) is 3.49. The second-order valence-electron chi connectivity index (χ2n) is 6.10. The Labute approximate surface area is 134 Å². The Morgan fingerprint density at radius 3 is 2.14 bits per heavy atom. The Morgan fingerprint density at radius 1 is 0.773 bits per heavy atom. The lowest BCUT2D eigenvalue weighted by Crippen LogP contribution is -1.79. The van der Waals surface area contributed by atoms with Crippen LogP contribution in [0.4, 0.5) is 0 Å². The number of rotatable bonds is 2. The highest BCUT2D eigenvalue weighted by Gasteiger charge is 2.18. The molecule has 0 heteroatoms. The molecule has 0 nitrogen and oxygen atoms in total. The summed E-state index contributed by atoms with van der Waals surface area (Å²) in [4.78, 5) is 0. The van der Waals surface area contributed by atoms with Crippen molar-refractivity contribution in [1.29, 1.82) is 0 Å². The van der Waals surface area contributed by atoms with Crippen LogP contribution < -0.4 is 0 Å². The molecule has 0 atom stereocenters. The SMILES string of the molecule is CCC1=C(C)C2=CC=CC2=C1.CCC1=C2C=CC=C2C(C)=C1. The molecule has 4 aliphatic carbocycles. The third-order valence-corrected chi connectivity index (χ3v) is 4.80. The van der Waals surface area contributed by atoms with Crippen LogP contribution in [0.5, 0.6) is 0 Å². The zero-order chi connectivity index (χ0) is 15.7. The topological polar surface area (TPSA) is 0 Å². The summed E-state index contributed by atoms with van der Waals surface area (Å²) in [6.07, 6.45) is 19.9. The fourth-order valence-electron chi connectivity index (χ4n) is 3.49. The van der Waals surface area contributed by atoms with E-state index in [0.717, 1.165) is 12.8 Å². The largest absolute Gasteiger partial charge is 0.0613 e. The van der Waals surface area contributed by atoms with Gasteiger partial charge in [0.25, 0.3) is 0 Å². The molecule has 4 aliphatic rings. The number of allylic oxidation sites excluding steroid dienone is 16. The van der Waals surface area contributed by atoms with Crippen molar-refractivity contribution in [2.45, 2.75) is 40.5 Å². The van der Waals surface area contributed by atoms with Crippen molar-refractivity contribution in [3.8, 4) is 0 Å². The van der Waals surface area contributed by atoms with E-state index in [4.69, 9.17) is 0 Å². The summed E-state index contributed by atoms with van der Waals surface area (Å²) in [6.45, 7) is 8.81. The van der Waals surface area contributed by atoms with Crippen molar-refractivity contribution in [2.24, 2.45) is 0 Å². The molecule has 0 fully saturated rings. The number of hydrogen-bond donors (Lipinski definition) is 0. The Hall–Kier alpha value is -2.08. The van der Waals surface area contributed by atoms with Gasteiger partial charge >= 0.3 is 0 Å². The van der Waals surface area contributed by atoms with Crippen LogP contribution in [0.15, 0.2) is 93.2 Å². The highest BCUT2D eigenvalue weighted by molar-refractivity contribution is 5.67. The Balaban J connectivity index is 0.000000131. The third kappa shape index (κ3) is 2.43. The summed E-state index contributed by atoms with van der Waals surface area (Å²) in [5.41, 5.74) is 11.6. The monoisotopic (exact) mass is 288 g/mol. The van der Waals surface area contributed by atoms with E-state index in [-0.39, 0.29) is 0 Å². The average molecular weight is 288 g/mol. The maximum absolute atomic E-state index is 2.30. The van der Waals surface area contributed by atoms with Crippen LogP contribution in [0, 0.1) is 0 Å². The lowest BCUT2D eigenvalue weighted by atomic mass is 10.1. The molecule has 112 valence electrons. The summed E-state index contributed by atoms with van der Waals surface area (Å²) in [6, 6.07) is 0. The van der Waals surface area contributed by atoms with E-state index in [2.05, 4.69) is 76.3 Å². The fraction of sp³-hybridized carbons (Fsp3) is 0.273. The van der Waals surface area contributed by atoms with E-state index < -0.39 is 0 Å². The standard InChI is InChI=1S/2C11H12/c1-3-9-7-10-5-4-6-11(10)8(9)2;1-3-9-7-8(2)10-5-4-6-11(9)10/h2*4-7H,3H2,1-2H3. The zero-order valence-corrected chi connectivity index (χ0v) is 14.0. The van der Waals surface area contributed by atoms with Gasteiger partial charge in [-0.05, 0) is 71.3 Å². The zero-order valence-electron chi connectivity index (χ0n) is 14.0.